The zero-order valence-electron chi connectivity index (χ0n) is 19.4. The molecule has 1 amide bonds. The molecular weight excluding hydrogens is 428 g/mol. The standard InChI is InChI=1S/C27H28N4O3/c1-3-4-7-18-33-23-12-8-21(9-13-23)27(32)30-22-10-14-24(15-11-22)34-26-19-25(28-20(2)29-26)31-16-5-6-17-31/h5-6,8-17,19H,3-4,7,18H2,1-2H3,(H,30,32). The van der Waals surface area contributed by atoms with Crippen molar-refractivity contribution in [3.63, 3.8) is 0 Å². The molecule has 34 heavy (non-hydrogen) atoms. The van der Waals surface area contributed by atoms with Crippen molar-refractivity contribution in [3.05, 3.63) is 90.5 Å². The number of nitrogens with zero attached hydrogens (tertiary/aromatic N) is 3. The molecule has 0 saturated heterocycles. The number of aromatic nitrogens is 3. The number of carbonyl (C=O) groups is 1. The van der Waals surface area contributed by atoms with Crippen molar-refractivity contribution in [2.24, 2.45) is 0 Å². The molecule has 2 aromatic carbocycles. The first-order valence-electron chi connectivity index (χ1n) is 11.4. The molecule has 0 spiro atoms. The Hall–Kier alpha value is -4.13. The Morgan fingerprint density at radius 3 is 2.35 bits per heavy atom. The molecule has 174 valence electrons. The molecule has 0 aliphatic carbocycles. The molecule has 4 aromatic rings. The number of anilines is 1. The predicted octanol–water partition coefficient (Wildman–Crippen LogP) is 6.19. The Morgan fingerprint density at radius 1 is 0.941 bits per heavy atom. The fourth-order valence-electron chi connectivity index (χ4n) is 3.37. The molecule has 7 nitrogen and oxygen atoms in total. The van der Waals surface area contributed by atoms with Gasteiger partial charge >= 0.3 is 0 Å². The quantitative estimate of drug-likeness (QED) is 0.288. The normalized spacial score (nSPS) is 10.6. The predicted molar refractivity (Wildman–Crippen MR) is 132 cm³/mol. The van der Waals surface area contributed by atoms with E-state index >= 15 is 0 Å². The van der Waals surface area contributed by atoms with E-state index in [1.165, 1.54) is 0 Å². The third-order valence-corrected chi connectivity index (χ3v) is 5.14. The van der Waals surface area contributed by atoms with Crippen LogP contribution < -0.4 is 14.8 Å². The zero-order chi connectivity index (χ0) is 23.8. The van der Waals surface area contributed by atoms with E-state index in [1.807, 2.05) is 48.1 Å². The van der Waals surface area contributed by atoms with Crippen molar-refractivity contribution >= 4 is 11.6 Å². The average Bonchev–Trinajstić information content (AvgIpc) is 3.38. The summed E-state index contributed by atoms with van der Waals surface area (Å²) in [5.41, 5.74) is 1.24. The van der Waals surface area contributed by atoms with Crippen LogP contribution in [-0.2, 0) is 0 Å². The minimum Gasteiger partial charge on any atom is -0.494 e. The lowest BCUT2D eigenvalue weighted by Crippen LogP contribution is -2.11. The van der Waals surface area contributed by atoms with E-state index in [0.29, 0.717) is 35.3 Å². The second-order valence-electron chi connectivity index (χ2n) is 7.86. The molecule has 0 atom stereocenters. The molecule has 0 saturated carbocycles. The first-order valence-corrected chi connectivity index (χ1v) is 11.4. The Bertz CT molecular complexity index is 1200. The van der Waals surface area contributed by atoms with Crippen molar-refractivity contribution in [1.82, 2.24) is 14.5 Å². The van der Waals surface area contributed by atoms with Crippen LogP contribution in [0.1, 0.15) is 42.4 Å². The van der Waals surface area contributed by atoms with Gasteiger partial charge in [-0.1, -0.05) is 19.8 Å². The van der Waals surface area contributed by atoms with Crippen LogP contribution in [0.15, 0.2) is 79.1 Å². The first-order chi connectivity index (χ1) is 16.6. The highest BCUT2D eigenvalue weighted by molar-refractivity contribution is 6.04. The molecule has 2 heterocycles. The van der Waals surface area contributed by atoms with Crippen molar-refractivity contribution in [2.75, 3.05) is 11.9 Å². The fourth-order valence-corrected chi connectivity index (χ4v) is 3.37. The molecule has 0 fully saturated rings. The Kier molecular flexibility index (Phi) is 7.55. The van der Waals surface area contributed by atoms with E-state index in [4.69, 9.17) is 9.47 Å². The van der Waals surface area contributed by atoms with Gasteiger partial charge in [0.1, 0.15) is 23.1 Å². The minimum absolute atomic E-state index is 0.186. The first kappa shape index (κ1) is 23.0. The van der Waals surface area contributed by atoms with E-state index in [2.05, 4.69) is 22.2 Å². The monoisotopic (exact) mass is 456 g/mol. The SMILES string of the molecule is CCCCCOc1ccc(C(=O)Nc2ccc(Oc3cc(-n4cccc4)nc(C)n3)cc2)cc1. The summed E-state index contributed by atoms with van der Waals surface area (Å²) in [6.07, 6.45) is 7.17. The smallest absolute Gasteiger partial charge is 0.255 e. The molecule has 0 unspecified atom stereocenters. The van der Waals surface area contributed by atoms with Gasteiger partial charge in [0.15, 0.2) is 0 Å². The number of aryl methyl sites for hydroxylation is 1. The summed E-state index contributed by atoms with van der Waals surface area (Å²) >= 11 is 0. The topological polar surface area (TPSA) is 78.3 Å². The molecule has 2 aromatic heterocycles. The van der Waals surface area contributed by atoms with E-state index in [-0.39, 0.29) is 5.91 Å². The highest BCUT2D eigenvalue weighted by Gasteiger charge is 2.09. The van der Waals surface area contributed by atoms with Crippen LogP contribution in [0.4, 0.5) is 5.69 Å². The number of unbranched alkanes of at least 4 members (excludes halogenated alkanes) is 2. The Balaban J connectivity index is 1.34. The van der Waals surface area contributed by atoms with Gasteiger partial charge in [-0.3, -0.25) is 4.79 Å². The number of benzene rings is 2. The largest absolute Gasteiger partial charge is 0.494 e. The van der Waals surface area contributed by atoms with Gasteiger partial charge in [0.25, 0.3) is 5.91 Å². The van der Waals surface area contributed by atoms with Gasteiger partial charge in [-0.25, -0.2) is 4.98 Å². The van der Waals surface area contributed by atoms with Gasteiger partial charge in [0.2, 0.25) is 5.88 Å². The third kappa shape index (κ3) is 6.22. The molecule has 7 heteroatoms. The van der Waals surface area contributed by atoms with Gasteiger partial charge < -0.3 is 19.4 Å². The molecule has 0 aliphatic heterocycles. The van der Waals surface area contributed by atoms with Crippen LogP contribution in [0.2, 0.25) is 0 Å². The summed E-state index contributed by atoms with van der Waals surface area (Å²) in [7, 11) is 0. The van der Waals surface area contributed by atoms with E-state index in [9.17, 15) is 4.79 Å². The number of ether oxygens (including phenoxy) is 2. The van der Waals surface area contributed by atoms with Crippen LogP contribution in [0.25, 0.3) is 5.82 Å². The molecular formula is C27H28N4O3. The Labute approximate surface area is 199 Å². The van der Waals surface area contributed by atoms with Crippen LogP contribution in [0.3, 0.4) is 0 Å². The fraction of sp³-hybridized carbons (Fsp3) is 0.222. The maximum absolute atomic E-state index is 12.6. The number of carbonyl (C=O) groups excluding carboxylic acids is 1. The number of hydrogen-bond acceptors (Lipinski definition) is 5. The molecule has 1 N–H and O–H groups in total. The van der Waals surface area contributed by atoms with Crippen LogP contribution in [0.5, 0.6) is 17.4 Å². The maximum atomic E-state index is 12.6. The lowest BCUT2D eigenvalue weighted by atomic mass is 10.2. The van der Waals surface area contributed by atoms with E-state index < -0.39 is 0 Å². The summed E-state index contributed by atoms with van der Waals surface area (Å²) in [5, 5.41) is 2.90. The second kappa shape index (κ2) is 11.1. The van der Waals surface area contributed by atoms with Gasteiger partial charge in [0, 0.05) is 29.7 Å². The molecule has 0 bridgehead atoms. The second-order valence-corrected chi connectivity index (χ2v) is 7.86. The zero-order valence-corrected chi connectivity index (χ0v) is 19.4. The van der Waals surface area contributed by atoms with E-state index in [1.54, 1.807) is 42.5 Å². The van der Waals surface area contributed by atoms with Crippen LogP contribution in [0, 0.1) is 6.92 Å². The lowest BCUT2D eigenvalue weighted by Gasteiger charge is -2.10. The van der Waals surface area contributed by atoms with Crippen LogP contribution in [-0.4, -0.2) is 27.0 Å². The van der Waals surface area contributed by atoms with Crippen LogP contribution >= 0.6 is 0 Å². The highest BCUT2D eigenvalue weighted by Crippen LogP contribution is 2.23. The van der Waals surface area contributed by atoms with Gasteiger partial charge in [0.05, 0.1) is 6.61 Å². The summed E-state index contributed by atoms with van der Waals surface area (Å²) in [6, 6.07) is 20.0. The third-order valence-electron chi connectivity index (χ3n) is 5.14. The number of nitrogens with one attached hydrogen (secondary N) is 1. The van der Waals surface area contributed by atoms with Gasteiger partial charge in [-0.2, -0.15) is 4.98 Å². The van der Waals surface area contributed by atoms with E-state index in [0.717, 1.165) is 30.8 Å². The van der Waals surface area contributed by atoms with Crippen molar-refractivity contribution in [3.8, 4) is 23.2 Å². The summed E-state index contributed by atoms with van der Waals surface area (Å²) < 4.78 is 13.5. The average molecular weight is 457 g/mol. The Morgan fingerprint density at radius 2 is 1.65 bits per heavy atom. The molecule has 0 aliphatic rings. The van der Waals surface area contributed by atoms with Gasteiger partial charge in [-0.15, -0.1) is 0 Å². The molecule has 0 radical (unpaired) electrons. The lowest BCUT2D eigenvalue weighted by molar-refractivity contribution is 0.102. The molecule has 4 rings (SSSR count). The highest BCUT2D eigenvalue weighted by atomic mass is 16.5. The summed E-state index contributed by atoms with van der Waals surface area (Å²) in [6.45, 7) is 4.67. The number of amides is 1. The van der Waals surface area contributed by atoms with Gasteiger partial charge in [-0.05, 0) is 74.0 Å². The summed E-state index contributed by atoms with van der Waals surface area (Å²) in [5.74, 6) is 2.99. The number of hydrogen-bond donors (Lipinski definition) is 1. The van der Waals surface area contributed by atoms with Crippen molar-refractivity contribution < 1.29 is 14.3 Å². The van der Waals surface area contributed by atoms with Crippen molar-refractivity contribution in [1.29, 1.82) is 0 Å². The summed E-state index contributed by atoms with van der Waals surface area (Å²) in [4.78, 5) is 21.4. The van der Waals surface area contributed by atoms with Crippen molar-refractivity contribution in [2.45, 2.75) is 33.1 Å². The number of rotatable bonds is 10. The minimum atomic E-state index is -0.186. The maximum Gasteiger partial charge on any atom is 0.255 e.